The van der Waals surface area contributed by atoms with Gasteiger partial charge in [0.1, 0.15) is 5.60 Å². The van der Waals surface area contributed by atoms with Gasteiger partial charge in [-0.3, -0.25) is 0 Å². The highest BCUT2D eigenvalue weighted by atomic mass is 16.6. The molecule has 82 valence electrons. The van der Waals surface area contributed by atoms with Crippen LogP contribution in [0.5, 0.6) is 0 Å². The summed E-state index contributed by atoms with van der Waals surface area (Å²) in [5, 5.41) is 0. The van der Waals surface area contributed by atoms with Crippen LogP contribution in [0.4, 0.5) is 4.79 Å². The lowest BCUT2D eigenvalue weighted by Gasteiger charge is -2.53. The van der Waals surface area contributed by atoms with Crippen LogP contribution in [-0.2, 0) is 4.74 Å². The monoisotopic (exact) mass is 199 g/mol. The number of likely N-dealkylation sites (tertiary alicyclic amines) is 1. The van der Waals surface area contributed by atoms with E-state index >= 15 is 0 Å². The van der Waals surface area contributed by atoms with Crippen molar-refractivity contribution in [3.63, 3.8) is 0 Å². The van der Waals surface area contributed by atoms with Crippen molar-refractivity contribution in [3.05, 3.63) is 0 Å². The Morgan fingerprint density at radius 3 is 2.21 bits per heavy atom. The van der Waals surface area contributed by atoms with Gasteiger partial charge < -0.3 is 9.64 Å². The van der Waals surface area contributed by atoms with Gasteiger partial charge in [-0.25, -0.2) is 4.79 Å². The molecule has 1 atom stereocenters. The Kier molecular flexibility index (Phi) is 2.55. The maximum Gasteiger partial charge on any atom is 0.410 e. The van der Waals surface area contributed by atoms with E-state index < -0.39 is 5.60 Å². The van der Waals surface area contributed by atoms with Crippen molar-refractivity contribution in [3.8, 4) is 0 Å². The molecule has 3 heteroatoms. The molecule has 1 aliphatic rings. The molecule has 0 N–H and O–H groups in total. The number of nitrogens with zero attached hydrogens (tertiary/aromatic N) is 1. The van der Waals surface area contributed by atoms with Gasteiger partial charge in [-0.05, 0) is 48.0 Å². The van der Waals surface area contributed by atoms with Crippen molar-refractivity contribution in [2.24, 2.45) is 0 Å². The second-order valence-electron chi connectivity index (χ2n) is 5.72. The lowest BCUT2D eigenvalue weighted by Crippen LogP contribution is -2.64. The number of hydrogen-bond acceptors (Lipinski definition) is 2. The van der Waals surface area contributed by atoms with Gasteiger partial charge in [-0.1, -0.05) is 0 Å². The number of ether oxygens (including phenoxy) is 1. The largest absolute Gasteiger partial charge is 0.444 e. The van der Waals surface area contributed by atoms with Crippen molar-refractivity contribution in [2.75, 3.05) is 0 Å². The van der Waals surface area contributed by atoms with Gasteiger partial charge in [0, 0.05) is 11.6 Å². The van der Waals surface area contributed by atoms with Gasteiger partial charge in [0.05, 0.1) is 0 Å². The molecule has 0 bridgehead atoms. The second kappa shape index (κ2) is 3.14. The van der Waals surface area contributed by atoms with Crippen molar-refractivity contribution < 1.29 is 9.53 Å². The molecular formula is C11H21NO2. The van der Waals surface area contributed by atoms with Gasteiger partial charge in [0.15, 0.2) is 0 Å². The Balaban J connectivity index is 2.62. The lowest BCUT2D eigenvalue weighted by atomic mass is 9.83. The van der Waals surface area contributed by atoms with Crippen LogP contribution < -0.4 is 0 Å². The SMILES string of the molecule is CC1CC(C)(C)N1C(=O)OC(C)(C)C. The Morgan fingerprint density at radius 2 is 1.93 bits per heavy atom. The number of hydrogen-bond donors (Lipinski definition) is 0. The van der Waals surface area contributed by atoms with Gasteiger partial charge in [-0.2, -0.15) is 0 Å². The maximum absolute atomic E-state index is 11.8. The van der Waals surface area contributed by atoms with Crippen molar-refractivity contribution in [1.29, 1.82) is 0 Å². The Hall–Kier alpha value is -0.730. The summed E-state index contributed by atoms with van der Waals surface area (Å²) in [5.74, 6) is 0. The van der Waals surface area contributed by atoms with Gasteiger partial charge in [0.2, 0.25) is 0 Å². The van der Waals surface area contributed by atoms with Crippen molar-refractivity contribution in [1.82, 2.24) is 4.90 Å². The Bertz CT molecular complexity index is 240. The Labute approximate surface area is 86.4 Å². The number of amides is 1. The first kappa shape index (κ1) is 11.3. The van der Waals surface area contributed by atoms with Crippen LogP contribution in [0.2, 0.25) is 0 Å². The molecule has 1 saturated heterocycles. The van der Waals surface area contributed by atoms with Gasteiger partial charge in [-0.15, -0.1) is 0 Å². The highest BCUT2D eigenvalue weighted by Crippen LogP contribution is 2.36. The summed E-state index contributed by atoms with van der Waals surface area (Å²) in [5.41, 5.74) is -0.440. The van der Waals surface area contributed by atoms with E-state index in [1.54, 1.807) is 0 Å². The minimum atomic E-state index is -0.400. The number of rotatable bonds is 0. The molecular weight excluding hydrogens is 178 g/mol. The molecule has 1 amide bonds. The van der Waals surface area contributed by atoms with Crippen molar-refractivity contribution in [2.45, 2.75) is 65.1 Å². The molecule has 1 unspecified atom stereocenters. The summed E-state index contributed by atoms with van der Waals surface area (Å²) in [4.78, 5) is 13.6. The average Bonchev–Trinajstić information content (AvgIpc) is 1.77. The van der Waals surface area contributed by atoms with E-state index in [1.165, 1.54) is 0 Å². The van der Waals surface area contributed by atoms with E-state index in [4.69, 9.17) is 4.74 Å². The number of carbonyl (C=O) groups is 1. The molecule has 0 aromatic heterocycles. The van der Waals surface area contributed by atoms with Crippen LogP contribution >= 0.6 is 0 Å². The summed E-state index contributed by atoms with van der Waals surface area (Å²) >= 11 is 0. The molecule has 1 aliphatic heterocycles. The van der Waals surface area contributed by atoms with Crippen LogP contribution in [0.25, 0.3) is 0 Å². The normalized spacial score (nSPS) is 25.6. The zero-order valence-electron chi connectivity index (χ0n) is 10.0. The fourth-order valence-electron chi connectivity index (χ4n) is 2.13. The predicted molar refractivity (Wildman–Crippen MR) is 56.2 cm³/mol. The topological polar surface area (TPSA) is 29.5 Å². The molecule has 3 nitrogen and oxygen atoms in total. The first-order valence-electron chi connectivity index (χ1n) is 5.16. The summed E-state index contributed by atoms with van der Waals surface area (Å²) in [6.07, 6.45) is 0.855. The van der Waals surface area contributed by atoms with E-state index in [0.717, 1.165) is 6.42 Å². The van der Waals surface area contributed by atoms with Gasteiger partial charge >= 0.3 is 6.09 Å². The van der Waals surface area contributed by atoms with Crippen LogP contribution in [0, 0.1) is 0 Å². The number of carbonyl (C=O) groups excluding carboxylic acids is 1. The average molecular weight is 199 g/mol. The van der Waals surface area contributed by atoms with Crippen LogP contribution in [0.3, 0.4) is 0 Å². The molecule has 1 rings (SSSR count). The van der Waals surface area contributed by atoms with Crippen LogP contribution in [-0.4, -0.2) is 28.2 Å². The molecule has 14 heavy (non-hydrogen) atoms. The fourth-order valence-corrected chi connectivity index (χ4v) is 2.13. The third-order valence-corrected chi connectivity index (χ3v) is 2.48. The van der Waals surface area contributed by atoms with Crippen molar-refractivity contribution >= 4 is 6.09 Å². The first-order chi connectivity index (χ1) is 6.13. The predicted octanol–water partition coefficient (Wildman–Crippen LogP) is 2.79. The molecule has 1 heterocycles. The molecule has 0 saturated carbocycles. The quantitative estimate of drug-likeness (QED) is 0.600. The summed E-state index contributed by atoms with van der Waals surface area (Å²) in [7, 11) is 0. The minimum Gasteiger partial charge on any atom is -0.444 e. The van der Waals surface area contributed by atoms with Gasteiger partial charge in [0.25, 0.3) is 0 Å². The molecule has 0 spiro atoms. The first-order valence-corrected chi connectivity index (χ1v) is 5.16. The van der Waals surface area contributed by atoms with Crippen LogP contribution in [0.1, 0.15) is 48.0 Å². The highest BCUT2D eigenvalue weighted by molar-refractivity contribution is 5.70. The Morgan fingerprint density at radius 1 is 1.43 bits per heavy atom. The van der Waals surface area contributed by atoms with Crippen LogP contribution in [0.15, 0.2) is 0 Å². The highest BCUT2D eigenvalue weighted by Gasteiger charge is 2.46. The summed E-state index contributed by atoms with van der Waals surface area (Å²) in [6.45, 7) is 11.9. The molecule has 0 aliphatic carbocycles. The molecule has 0 aromatic carbocycles. The zero-order valence-corrected chi connectivity index (χ0v) is 10.0. The molecule has 0 radical (unpaired) electrons. The smallest absolute Gasteiger partial charge is 0.410 e. The van der Waals surface area contributed by atoms with E-state index in [9.17, 15) is 4.79 Å². The van der Waals surface area contributed by atoms with E-state index in [-0.39, 0.29) is 11.6 Å². The molecule has 1 fully saturated rings. The third-order valence-electron chi connectivity index (χ3n) is 2.48. The standard InChI is InChI=1S/C11H21NO2/c1-8-7-11(5,6)12(8)9(13)14-10(2,3)4/h8H,7H2,1-6H3. The fraction of sp³-hybridized carbons (Fsp3) is 0.909. The zero-order chi connectivity index (χ0) is 11.1. The summed E-state index contributed by atoms with van der Waals surface area (Å²) < 4.78 is 5.33. The summed E-state index contributed by atoms with van der Waals surface area (Å²) in [6, 6.07) is 0.305. The third kappa shape index (κ3) is 2.20. The second-order valence-corrected chi connectivity index (χ2v) is 5.72. The van der Waals surface area contributed by atoms with E-state index in [1.807, 2.05) is 25.7 Å². The lowest BCUT2D eigenvalue weighted by molar-refractivity contribution is -0.0592. The van der Waals surface area contributed by atoms with E-state index in [2.05, 4.69) is 20.8 Å². The van der Waals surface area contributed by atoms with E-state index in [0.29, 0.717) is 6.04 Å². The maximum atomic E-state index is 11.8. The minimum absolute atomic E-state index is 0.0399. The molecule has 0 aromatic rings.